The molecule has 24 heavy (non-hydrogen) atoms. The lowest BCUT2D eigenvalue weighted by Crippen LogP contribution is -2.43. The third-order valence-corrected chi connectivity index (χ3v) is 4.79. The predicted octanol–water partition coefficient (Wildman–Crippen LogP) is 2.56. The molecule has 0 saturated carbocycles. The number of hydrogen-bond acceptors (Lipinski definition) is 4. The van der Waals surface area contributed by atoms with Gasteiger partial charge in [-0.2, -0.15) is 5.10 Å². The number of anilines is 1. The van der Waals surface area contributed by atoms with Crippen LogP contribution in [0.1, 0.15) is 5.56 Å². The zero-order valence-electron chi connectivity index (χ0n) is 14.0. The summed E-state index contributed by atoms with van der Waals surface area (Å²) in [7, 11) is 2.19. The van der Waals surface area contributed by atoms with Crippen LogP contribution in [0.5, 0.6) is 0 Å². The maximum Gasteiger partial charge on any atom is 0.1000 e. The molecule has 1 fully saturated rings. The van der Waals surface area contributed by atoms with Gasteiger partial charge in [0, 0.05) is 49.4 Å². The number of nitrogens with zero attached hydrogens (tertiary/aromatic N) is 3. The van der Waals surface area contributed by atoms with Crippen molar-refractivity contribution < 1.29 is 0 Å². The second-order valence-electron chi connectivity index (χ2n) is 6.66. The van der Waals surface area contributed by atoms with Crippen LogP contribution in [0.3, 0.4) is 0 Å². The Kier molecular flexibility index (Phi) is 3.96. The van der Waals surface area contributed by atoms with E-state index in [1.165, 1.54) is 5.56 Å². The van der Waals surface area contributed by atoms with Gasteiger partial charge in [0.25, 0.3) is 0 Å². The molecular formula is C19H23N5. The van der Waals surface area contributed by atoms with Crippen LogP contribution in [-0.2, 0) is 6.54 Å². The van der Waals surface area contributed by atoms with Crippen molar-refractivity contribution in [1.82, 2.24) is 20.0 Å². The maximum atomic E-state index is 5.94. The summed E-state index contributed by atoms with van der Waals surface area (Å²) < 4.78 is 0. The number of benzene rings is 2. The number of nitrogen functional groups attached to an aromatic ring is 1. The van der Waals surface area contributed by atoms with Crippen molar-refractivity contribution >= 4 is 16.6 Å². The Morgan fingerprint density at radius 1 is 1.08 bits per heavy atom. The van der Waals surface area contributed by atoms with Crippen LogP contribution in [0.25, 0.3) is 22.2 Å². The molecule has 1 saturated heterocycles. The molecule has 1 aromatic heterocycles. The molecule has 5 heteroatoms. The van der Waals surface area contributed by atoms with Crippen molar-refractivity contribution in [3.05, 3.63) is 48.0 Å². The van der Waals surface area contributed by atoms with Crippen molar-refractivity contribution in [2.24, 2.45) is 0 Å². The van der Waals surface area contributed by atoms with E-state index in [1.54, 1.807) is 0 Å². The van der Waals surface area contributed by atoms with Crippen LogP contribution in [-0.4, -0.2) is 53.2 Å². The molecule has 0 radical (unpaired) electrons. The van der Waals surface area contributed by atoms with Gasteiger partial charge in [-0.05, 0) is 36.9 Å². The summed E-state index contributed by atoms with van der Waals surface area (Å²) in [6.45, 7) is 5.53. The van der Waals surface area contributed by atoms with Crippen LogP contribution in [0.2, 0.25) is 0 Å². The van der Waals surface area contributed by atoms with E-state index in [0.29, 0.717) is 0 Å². The highest BCUT2D eigenvalue weighted by atomic mass is 15.2. The fraction of sp³-hybridized carbons (Fsp3) is 0.316. The smallest absolute Gasteiger partial charge is 0.1000 e. The Hall–Kier alpha value is -2.37. The molecule has 2 heterocycles. The molecule has 5 nitrogen and oxygen atoms in total. The molecule has 1 aliphatic heterocycles. The average Bonchev–Trinajstić information content (AvgIpc) is 3.00. The Balaban J connectivity index is 1.61. The summed E-state index contributed by atoms with van der Waals surface area (Å²) in [6, 6.07) is 14.5. The van der Waals surface area contributed by atoms with E-state index >= 15 is 0 Å². The number of aromatic amines is 1. The number of likely N-dealkylation sites (N-methyl/N-ethyl adjacent to an activating group) is 1. The van der Waals surface area contributed by atoms with Gasteiger partial charge >= 0.3 is 0 Å². The summed E-state index contributed by atoms with van der Waals surface area (Å²) in [6.07, 6.45) is 0. The van der Waals surface area contributed by atoms with E-state index in [0.717, 1.165) is 60.6 Å². The second-order valence-corrected chi connectivity index (χ2v) is 6.66. The third-order valence-electron chi connectivity index (χ3n) is 4.79. The molecule has 4 rings (SSSR count). The second kappa shape index (κ2) is 6.26. The number of nitrogens with two attached hydrogens (primary N) is 1. The number of aromatic nitrogens is 2. The van der Waals surface area contributed by atoms with E-state index < -0.39 is 0 Å². The monoisotopic (exact) mass is 321 g/mol. The van der Waals surface area contributed by atoms with Gasteiger partial charge in [-0.1, -0.05) is 18.2 Å². The standard InChI is InChI=1S/C19H23N5/c1-23-7-9-24(10-8-23)13-14-3-2-4-15(11-14)19-17-12-16(20)5-6-18(17)21-22-19/h2-6,11-12H,7-10,13,20H2,1H3,(H,21,22). The van der Waals surface area contributed by atoms with Gasteiger partial charge in [0.05, 0.1) is 11.2 Å². The molecule has 3 N–H and O–H groups in total. The molecule has 1 aliphatic rings. The Labute approximate surface area is 142 Å². The van der Waals surface area contributed by atoms with Crippen LogP contribution < -0.4 is 5.73 Å². The highest BCUT2D eigenvalue weighted by molar-refractivity contribution is 5.94. The lowest BCUT2D eigenvalue weighted by atomic mass is 10.0. The number of rotatable bonds is 3. The highest BCUT2D eigenvalue weighted by Gasteiger charge is 2.15. The first-order chi connectivity index (χ1) is 11.7. The minimum Gasteiger partial charge on any atom is -0.399 e. The Morgan fingerprint density at radius 3 is 2.75 bits per heavy atom. The average molecular weight is 321 g/mol. The van der Waals surface area contributed by atoms with Crippen LogP contribution >= 0.6 is 0 Å². The van der Waals surface area contributed by atoms with Gasteiger partial charge in [-0.15, -0.1) is 0 Å². The number of H-pyrrole nitrogens is 1. The van der Waals surface area contributed by atoms with Gasteiger partial charge in [0.1, 0.15) is 0 Å². The summed E-state index contributed by atoms with van der Waals surface area (Å²) in [5.41, 5.74) is 11.2. The summed E-state index contributed by atoms with van der Waals surface area (Å²) >= 11 is 0. The van der Waals surface area contributed by atoms with Crippen LogP contribution in [0.15, 0.2) is 42.5 Å². The summed E-state index contributed by atoms with van der Waals surface area (Å²) in [5.74, 6) is 0. The zero-order chi connectivity index (χ0) is 16.5. The molecule has 124 valence electrons. The van der Waals surface area contributed by atoms with Gasteiger partial charge in [-0.25, -0.2) is 0 Å². The van der Waals surface area contributed by atoms with E-state index in [4.69, 9.17) is 5.73 Å². The first-order valence-corrected chi connectivity index (χ1v) is 8.43. The lowest BCUT2D eigenvalue weighted by molar-refractivity contribution is 0.148. The molecule has 0 bridgehead atoms. The normalized spacial score (nSPS) is 16.7. The number of fused-ring (bicyclic) bond motifs is 1. The Bertz CT molecular complexity index is 846. The van der Waals surface area contributed by atoms with Crippen molar-refractivity contribution in [2.45, 2.75) is 6.54 Å². The van der Waals surface area contributed by atoms with Gasteiger partial charge < -0.3 is 10.6 Å². The lowest BCUT2D eigenvalue weighted by Gasteiger charge is -2.32. The quantitative estimate of drug-likeness (QED) is 0.728. The van der Waals surface area contributed by atoms with Crippen molar-refractivity contribution in [1.29, 1.82) is 0 Å². The summed E-state index contributed by atoms with van der Waals surface area (Å²) in [4.78, 5) is 4.90. The van der Waals surface area contributed by atoms with Crippen LogP contribution in [0.4, 0.5) is 5.69 Å². The third kappa shape index (κ3) is 3.00. The minimum absolute atomic E-state index is 0.763. The molecular weight excluding hydrogens is 298 g/mol. The largest absolute Gasteiger partial charge is 0.399 e. The first-order valence-electron chi connectivity index (χ1n) is 8.43. The number of piperazine rings is 1. The maximum absolute atomic E-state index is 5.94. The molecule has 0 amide bonds. The predicted molar refractivity (Wildman–Crippen MR) is 98.7 cm³/mol. The van der Waals surface area contributed by atoms with Crippen molar-refractivity contribution in [3.8, 4) is 11.3 Å². The minimum atomic E-state index is 0.763. The molecule has 0 aliphatic carbocycles. The van der Waals surface area contributed by atoms with E-state index in [-0.39, 0.29) is 0 Å². The zero-order valence-corrected chi connectivity index (χ0v) is 14.0. The molecule has 0 spiro atoms. The topological polar surface area (TPSA) is 61.2 Å². The van der Waals surface area contributed by atoms with E-state index in [9.17, 15) is 0 Å². The molecule has 2 aromatic carbocycles. The van der Waals surface area contributed by atoms with E-state index in [1.807, 2.05) is 18.2 Å². The van der Waals surface area contributed by atoms with Crippen molar-refractivity contribution in [3.63, 3.8) is 0 Å². The van der Waals surface area contributed by atoms with Gasteiger partial charge in [-0.3, -0.25) is 10.00 Å². The molecule has 3 aromatic rings. The first kappa shape index (κ1) is 15.2. The molecule has 0 atom stereocenters. The fourth-order valence-electron chi connectivity index (χ4n) is 3.33. The molecule has 0 unspecified atom stereocenters. The fourth-order valence-corrected chi connectivity index (χ4v) is 3.33. The van der Waals surface area contributed by atoms with Gasteiger partial charge in [0.15, 0.2) is 0 Å². The Morgan fingerprint density at radius 2 is 1.92 bits per heavy atom. The number of nitrogens with one attached hydrogen (secondary N) is 1. The van der Waals surface area contributed by atoms with E-state index in [2.05, 4.69) is 51.3 Å². The van der Waals surface area contributed by atoms with Gasteiger partial charge in [0.2, 0.25) is 0 Å². The SMILES string of the molecule is CN1CCN(Cc2cccc(-c3n[nH]c4ccc(N)cc34)c2)CC1. The summed E-state index contributed by atoms with van der Waals surface area (Å²) in [5, 5.41) is 8.68. The number of hydrogen-bond donors (Lipinski definition) is 2. The van der Waals surface area contributed by atoms with Crippen LogP contribution in [0, 0.1) is 0 Å². The van der Waals surface area contributed by atoms with Crippen molar-refractivity contribution in [2.75, 3.05) is 39.0 Å². The highest BCUT2D eigenvalue weighted by Crippen LogP contribution is 2.28.